The Hall–Kier alpha value is -2.69. The van der Waals surface area contributed by atoms with Gasteiger partial charge in [0.1, 0.15) is 0 Å². The lowest BCUT2D eigenvalue weighted by molar-refractivity contribution is -0.387. The van der Waals surface area contributed by atoms with Gasteiger partial charge in [-0.2, -0.15) is 8.42 Å². The van der Waals surface area contributed by atoms with Gasteiger partial charge in [-0.05, 0) is 42.0 Å². The van der Waals surface area contributed by atoms with Crippen LogP contribution in [0.25, 0.3) is 5.57 Å². The molecule has 8 nitrogen and oxygen atoms in total. The normalized spacial score (nSPS) is 15.0. The van der Waals surface area contributed by atoms with Gasteiger partial charge in [0.2, 0.25) is 0 Å². The van der Waals surface area contributed by atoms with Crippen LogP contribution in [0, 0.1) is 10.1 Å². The summed E-state index contributed by atoms with van der Waals surface area (Å²) in [7, 11) is -4.14. The van der Waals surface area contributed by atoms with Crippen LogP contribution in [0.3, 0.4) is 0 Å². The molecule has 0 atom stereocenters. The summed E-state index contributed by atoms with van der Waals surface area (Å²) in [6, 6.07) is 12.4. The number of piperidine rings is 1. The minimum Gasteiger partial charge on any atom is -0.339 e. The van der Waals surface area contributed by atoms with Crippen LogP contribution in [0.15, 0.2) is 58.8 Å². The van der Waals surface area contributed by atoms with Crippen LogP contribution in [-0.4, -0.2) is 47.0 Å². The van der Waals surface area contributed by atoms with Gasteiger partial charge in [-0.25, -0.2) is 0 Å². The molecule has 3 rings (SSSR count). The number of nitro benzene ring substituents is 1. The molecule has 1 heterocycles. The van der Waals surface area contributed by atoms with Gasteiger partial charge in [0, 0.05) is 29.6 Å². The van der Waals surface area contributed by atoms with Crippen molar-refractivity contribution in [1.82, 2.24) is 4.90 Å². The van der Waals surface area contributed by atoms with E-state index in [2.05, 4.69) is 20.4 Å². The van der Waals surface area contributed by atoms with Crippen molar-refractivity contribution in [2.24, 2.45) is 0 Å². The molecule has 2 aromatic carbocycles. The van der Waals surface area contributed by atoms with E-state index >= 15 is 0 Å². The lowest BCUT2D eigenvalue weighted by Gasteiger charge is -2.31. The number of carbonyl (C=O) groups excluding carboxylic acids is 1. The average molecular weight is 491 g/mol. The van der Waals surface area contributed by atoms with Crippen molar-refractivity contribution >= 4 is 39.0 Å². The van der Waals surface area contributed by atoms with E-state index in [4.69, 9.17) is 0 Å². The van der Waals surface area contributed by atoms with E-state index in [0.717, 1.165) is 10.5 Å². The van der Waals surface area contributed by atoms with Crippen molar-refractivity contribution < 1.29 is 22.7 Å². The van der Waals surface area contributed by atoms with Crippen LogP contribution in [0.5, 0.6) is 0 Å². The summed E-state index contributed by atoms with van der Waals surface area (Å²) in [5, 5.41) is 10.9. The number of likely N-dealkylation sites (tertiary alicyclic amines) is 1. The van der Waals surface area contributed by atoms with Crippen LogP contribution in [0.4, 0.5) is 5.69 Å². The van der Waals surface area contributed by atoms with Crippen molar-refractivity contribution in [3.63, 3.8) is 0 Å². The first-order valence-corrected chi connectivity index (χ1v) is 12.8. The first-order valence-electron chi connectivity index (χ1n) is 10.5. The molecule has 1 N–H and O–H groups in total. The van der Waals surface area contributed by atoms with E-state index in [1.807, 2.05) is 24.3 Å². The van der Waals surface area contributed by atoms with E-state index in [-0.39, 0.29) is 43.1 Å². The van der Waals surface area contributed by atoms with Crippen LogP contribution < -0.4 is 0 Å². The lowest BCUT2D eigenvalue weighted by Crippen LogP contribution is -2.42. The predicted molar refractivity (Wildman–Crippen MR) is 128 cm³/mol. The Kier molecular flexibility index (Phi) is 7.61. The number of nitro groups is 1. The first kappa shape index (κ1) is 24.9. The van der Waals surface area contributed by atoms with Gasteiger partial charge in [0.25, 0.3) is 21.7 Å². The smallest absolute Gasteiger partial charge is 0.283 e. The Morgan fingerprint density at radius 2 is 1.82 bits per heavy atom. The monoisotopic (exact) mass is 490 g/mol. The van der Waals surface area contributed by atoms with Crippen LogP contribution in [0.1, 0.15) is 43.7 Å². The maximum Gasteiger partial charge on any atom is 0.283 e. The molecule has 176 valence electrons. The number of rotatable bonds is 7. The predicted octanol–water partition coefficient (Wildman–Crippen LogP) is 4.76. The summed E-state index contributed by atoms with van der Waals surface area (Å²) < 4.78 is 31.8. The molecule has 0 unspecified atom stereocenters. The summed E-state index contributed by atoms with van der Waals surface area (Å²) in [6.07, 6.45) is 0.256. The molecule has 0 bridgehead atoms. The topological polar surface area (TPSA) is 118 Å². The van der Waals surface area contributed by atoms with Crippen molar-refractivity contribution in [2.75, 3.05) is 13.1 Å². The number of amides is 1. The minimum absolute atomic E-state index is 0.0996. The van der Waals surface area contributed by atoms with E-state index in [0.29, 0.717) is 10.5 Å². The maximum absolute atomic E-state index is 12.9. The zero-order valence-electron chi connectivity index (χ0n) is 18.4. The third-order valence-corrected chi connectivity index (χ3v) is 8.14. The van der Waals surface area contributed by atoms with Gasteiger partial charge in [0.15, 0.2) is 0 Å². The van der Waals surface area contributed by atoms with Crippen molar-refractivity contribution in [2.45, 2.75) is 47.6 Å². The van der Waals surface area contributed by atoms with Crippen molar-refractivity contribution in [1.29, 1.82) is 0 Å². The highest BCUT2D eigenvalue weighted by Gasteiger charge is 2.31. The second-order valence-corrected chi connectivity index (χ2v) is 11.0. The molecule has 0 saturated carbocycles. The third kappa shape index (κ3) is 5.82. The molecule has 1 amide bonds. The number of hydrogen-bond acceptors (Lipinski definition) is 6. The van der Waals surface area contributed by atoms with Crippen molar-refractivity contribution in [3.05, 3.63) is 70.3 Å². The highest BCUT2D eigenvalue weighted by atomic mass is 32.2. The minimum atomic E-state index is -4.14. The fourth-order valence-electron chi connectivity index (χ4n) is 3.77. The van der Waals surface area contributed by atoms with Gasteiger partial charge < -0.3 is 4.90 Å². The molecule has 10 heteroatoms. The van der Waals surface area contributed by atoms with Gasteiger partial charge >= 0.3 is 0 Å². The summed E-state index contributed by atoms with van der Waals surface area (Å²) >= 11 is 1.31. The van der Waals surface area contributed by atoms with Crippen LogP contribution in [0.2, 0.25) is 0 Å². The standard InChI is InChI=1S/C23H26N2O6S2/c1-15(2)19-6-4-5-7-21(19)32-22-9-8-17(14-20(22)25(27)28)16(3)23(26)24-12-10-18(11-13-24)33(29,30)31/h4-9,14-15,18H,3,10-13H2,1-2H3,(H,29,30,31). The zero-order valence-corrected chi connectivity index (χ0v) is 20.1. The second kappa shape index (κ2) is 10.1. The Balaban J connectivity index is 1.81. The molecule has 0 aromatic heterocycles. The molecular weight excluding hydrogens is 464 g/mol. The molecule has 2 aromatic rings. The van der Waals surface area contributed by atoms with Crippen molar-refractivity contribution in [3.8, 4) is 0 Å². The largest absolute Gasteiger partial charge is 0.339 e. The molecule has 1 aliphatic heterocycles. The Morgan fingerprint density at radius 1 is 1.18 bits per heavy atom. The molecule has 33 heavy (non-hydrogen) atoms. The number of benzene rings is 2. The highest BCUT2D eigenvalue weighted by Crippen LogP contribution is 2.39. The number of carbonyl (C=O) groups is 1. The molecule has 0 spiro atoms. The van der Waals surface area contributed by atoms with Crippen LogP contribution >= 0.6 is 11.8 Å². The highest BCUT2D eigenvalue weighted by molar-refractivity contribution is 7.99. The van der Waals surface area contributed by atoms with E-state index in [9.17, 15) is 27.9 Å². The molecule has 1 aliphatic rings. The molecule has 0 radical (unpaired) electrons. The van der Waals surface area contributed by atoms with Gasteiger partial charge in [-0.1, -0.05) is 56.5 Å². The number of hydrogen-bond donors (Lipinski definition) is 1. The average Bonchev–Trinajstić information content (AvgIpc) is 2.78. The number of nitrogens with zero attached hydrogens (tertiary/aromatic N) is 2. The van der Waals surface area contributed by atoms with Gasteiger partial charge in [-0.3, -0.25) is 19.5 Å². The molecule has 1 fully saturated rings. The Morgan fingerprint density at radius 3 is 2.39 bits per heavy atom. The second-order valence-electron chi connectivity index (χ2n) is 8.22. The fraction of sp³-hybridized carbons (Fsp3) is 0.348. The Labute approximate surface area is 197 Å². The third-order valence-electron chi connectivity index (χ3n) is 5.67. The van der Waals surface area contributed by atoms with E-state index in [1.165, 1.54) is 22.7 Å². The molecule has 0 aliphatic carbocycles. The van der Waals surface area contributed by atoms with Crippen LogP contribution in [-0.2, 0) is 14.9 Å². The maximum atomic E-state index is 12.9. The SMILES string of the molecule is C=C(C(=O)N1CCC(S(=O)(=O)O)CC1)c1ccc(Sc2ccccc2C(C)C)c([N+](=O)[O-])c1. The van der Waals surface area contributed by atoms with E-state index in [1.54, 1.807) is 12.1 Å². The summed E-state index contributed by atoms with van der Waals surface area (Å²) in [5.74, 6) is -0.155. The fourth-order valence-corrected chi connectivity index (χ4v) is 5.76. The first-order chi connectivity index (χ1) is 15.5. The quantitative estimate of drug-likeness (QED) is 0.257. The lowest BCUT2D eigenvalue weighted by atomic mass is 10.0. The van der Waals surface area contributed by atoms with Gasteiger partial charge in [0.05, 0.1) is 15.1 Å². The van der Waals surface area contributed by atoms with Gasteiger partial charge in [-0.15, -0.1) is 0 Å². The summed E-state index contributed by atoms with van der Waals surface area (Å²) in [5.41, 5.74) is 1.41. The molecular formula is C23H26N2O6S2. The summed E-state index contributed by atoms with van der Waals surface area (Å²) in [4.78, 5) is 27.0. The Bertz CT molecular complexity index is 1190. The summed E-state index contributed by atoms with van der Waals surface area (Å²) in [6.45, 7) is 8.27. The zero-order chi connectivity index (χ0) is 24.3. The van der Waals surface area contributed by atoms with E-state index < -0.39 is 26.2 Å². The molecule has 1 saturated heterocycles.